The summed E-state index contributed by atoms with van der Waals surface area (Å²) in [7, 11) is 0. The fourth-order valence-electron chi connectivity index (χ4n) is 1.86. The van der Waals surface area contributed by atoms with Gasteiger partial charge in [0.1, 0.15) is 6.33 Å². The Kier molecular flexibility index (Phi) is 5.12. The van der Waals surface area contributed by atoms with Crippen LogP contribution in [-0.2, 0) is 0 Å². The summed E-state index contributed by atoms with van der Waals surface area (Å²) < 4.78 is 2.00. The zero-order valence-electron chi connectivity index (χ0n) is 10.7. The minimum absolute atomic E-state index is 0. The largest absolute Gasteiger partial charge is 0.397 e. The second-order valence-electron chi connectivity index (χ2n) is 3.66. The van der Waals surface area contributed by atoms with Crippen LogP contribution in [0.15, 0.2) is 54.9 Å². The minimum Gasteiger partial charge on any atom is -0.397 e. The molecule has 1 aromatic heterocycles. The number of aromatic nitrogens is 2. The monoisotopic (exact) mass is 255 g/mol. The molecule has 2 aromatic carbocycles. The van der Waals surface area contributed by atoms with Crippen LogP contribution in [0.5, 0.6) is 0 Å². The Hall–Kier alpha value is -2.29. The van der Waals surface area contributed by atoms with Crippen LogP contribution in [0, 0.1) is 0 Å². The summed E-state index contributed by atoms with van der Waals surface area (Å²) in [5.74, 6) is 0. The molecular weight excluding hydrogens is 234 g/mol. The lowest BCUT2D eigenvalue weighted by atomic mass is 10.2. The summed E-state index contributed by atoms with van der Waals surface area (Å²) in [5.41, 5.74) is 9.73. The quantitative estimate of drug-likeness (QED) is 0.660. The maximum Gasteiger partial charge on any atom is 0.100 e. The molecule has 3 aromatic rings. The van der Waals surface area contributed by atoms with Gasteiger partial charge in [0.15, 0.2) is 0 Å². The third kappa shape index (κ3) is 2.76. The van der Waals surface area contributed by atoms with E-state index in [0.717, 1.165) is 22.4 Å². The SMILES string of the molecule is C.CC.Nc1ccccc1-n1cnc2ccccc21. The lowest BCUT2D eigenvalue weighted by molar-refractivity contribution is 1.10. The van der Waals surface area contributed by atoms with E-state index in [9.17, 15) is 0 Å². The van der Waals surface area contributed by atoms with Crippen molar-refractivity contribution < 1.29 is 0 Å². The predicted octanol–water partition coefficient (Wildman–Crippen LogP) is 4.27. The zero-order valence-corrected chi connectivity index (χ0v) is 10.7. The third-order valence-electron chi connectivity index (χ3n) is 2.65. The number of nitrogens with two attached hydrogens (primary N) is 1. The van der Waals surface area contributed by atoms with Gasteiger partial charge in [-0.3, -0.25) is 4.57 Å². The van der Waals surface area contributed by atoms with E-state index in [2.05, 4.69) is 4.98 Å². The highest BCUT2D eigenvalue weighted by molar-refractivity contribution is 5.78. The lowest BCUT2D eigenvalue weighted by Crippen LogP contribution is -1.97. The minimum atomic E-state index is 0. The lowest BCUT2D eigenvalue weighted by Gasteiger charge is -2.06. The average molecular weight is 255 g/mol. The van der Waals surface area contributed by atoms with Crippen molar-refractivity contribution in [3.63, 3.8) is 0 Å². The highest BCUT2D eigenvalue weighted by Gasteiger charge is 2.05. The molecule has 0 amide bonds. The van der Waals surface area contributed by atoms with Gasteiger partial charge in [0.2, 0.25) is 0 Å². The Morgan fingerprint density at radius 1 is 0.947 bits per heavy atom. The first-order valence-corrected chi connectivity index (χ1v) is 6.13. The number of nitrogen functional groups attached to an aromatic ring is 1. The Labute approximate surface area is 114 Å². The van der Waals surface area contributed by atoms with Gasteiger partial charge in [0.25, 0.3) is 0 Å². The van der Waals surface area contributed by atoms with Crippen LogP contribution in [0.2, 0.25) is 0 Å². The summed E-state index contributed by atoms with van der Waals surface area (Å²) in [6.45, 7) is 4.00. The van der Waals surface area contributed by atoms with E-state index >= 15 is 0 Å². The van der Waals surface area contributed by atoms with Crippen LogP contribution < -0.4 is 5.73 Å². The standard InChI is InChI=1S/C13H11N3.C2H6.CH4/c14-10-5-1-3-7-12(10)16-9-15-11-6-2-4-8-13(11)16;1-2;/h1-9H,14H2;1-2H3;1H4. The van der Waals surface area contributed by atoms with E-state index in [4.69, 9.17) is 5.73 Å². The summed E-state index contributed by atoms with van der Waals surface area (Å²) in [6, 6.07) is 15.8. The summed E-state index contributed by atoms with van der Waals surface area (Å²) in [5, 5.41) is 0. The highest BCUT2D eigenvalue weighted by atomic mass is 15.1. The molecule has 3 heteroatoms. The van der Waals surface area contributed by atoms with Crippen LogP contribution in [0.3, 0.4) is 0 Å². The number of para-hydroxylation sites is 4. The van der Waals surface area contributed by atoms with Crippen LogP contribution in [0.4, 0.5) is 5.69 Å². The van der Waals surface area contributed by atoms with Gasteiger partial charge in [0, 0.05) is 0 Å². The first kappa shape index (κ1) is 14.8. The Bertz CT molecular complexity index is 641. The molecule has 0 unspecified atom stereocenters. The first-order chi connectivity index (χ1) is 8.86. The van der Waals surface area contributed by atoms with E-state index in [1.807, 2.05) is 66.9 Å². The van der Waals surface area contributed by atoms with Crippen molar-refractivity contribution in [1.29, 1.82) is 0 Å². The number of rotatable bonds is 1. The molecule has 3 rings (SSSR count). The van der Waals surface area contributed by atoms with Crippen LogP contribution in [0.25, 0.3) is 16.7 Å². The summed E-state index contributed by atoms with van der Waals surface area (Å²) in [6.07, 6.45) is 1.80. The summed E-state index contributed by atoms with van der Waals surface area (Å²) in [4.78, 5) is 4.34. The van der Waals surface area contributed by atoms with E-state index in [1.165, 1.54) is 0 Å². The van der Waals surface area contributed by atoms with Gasteiger partial charge >= 0.3 is 0 Å². The van der Waals surface area contributed by atoms with E-state index in [-0.39, 0.29) is 7.43 Å². The van der Waals surface area contributed by atoms with E-state index in [0.29, 0.717) is 0 Å². The van der Waals surface area contributed by atoms with Crippen molar-refractivity contribution >= 4 is 16.7 Å². The van der Waals surface area contributed by atoms with Crippen molar-refractivity contribution in [2.45, 2.75) is 21.3 Å². The fraction of sp³-hybridized carbons (Fsp3) is 0.188. The van der Waals surface area contributed by atoms with Gasteiger partial charge in [-0.05, 0) is 24.3 Å². The molecule has 2 N–H and O–H groups in total. The van der Waals surface area contributed by atoms with Crippen molar-refractivity contribution in [3.05, 3.63) is 54.9 Å². The molecule has 1 heterocycles. The number of hydrogen-bond acceptors (Lipinski definition) is 2. The second-order valence-corrected chi connectivity index (χ2v) is 3.66. The Morgan fingerprint density at radius 3 is 2.32 bits per heavy atom. The van der Waals surface area contributed by atoms with Gasteiger partial charge in [-0.2, -0.15) is 0 Å². The smallest absolute Gasteiger partial charge is 0.100 e. The van der Waals surface area contributed by atoms with Gasteiger partial charge in [-0.25, -0.2) is 4.98 Å². The average Bonchev–Trinajstić information content (AvgIpc) is 2.85. The second kappa shape index (κ2) is 6.59. The number of benzene rings is 2. The number of anilines is 1. The van der Waals surface area contributed by atoms with Gasteiger partial charge < -0.3 is 5.73 Å². The molecule has 0 aliphatic rings. The molecule has 0 aliphatic heterocycles. The summed E-state index contributed by atoms with van der Waals surface area (Å²) >= 11 is 0. The van der Waals surface area contributed by atoms with Gasteiger partial charge in [0.05, 0.1) is 22.4 Å². The zero-order chi connectivity index (χ0) is 13.0. The number of nitrogens with zero attached hydrogens (tertiary/aromatic N) is 2. The maximum absolute atomic E-state index is 5.95. The molecule has 0 fully saturated rings. The normalized spacial score (nSPS) is 9.37. The molecule has 0 atom stereocenters. The molecule has 100 valence electrons. The molecule has 0 saturated carbocycles. The molecule has 0 spiro atoms. The molecule has 3 nitrogen and oxygen atoms in total. The van der Waals surface area contributed by atoms with Gasteiger partial charge in [-0.15, -0.1) is 0 Å². The van der Waals surface area contributed by atoms with Crippen molar-refractivity contribution in [2.75, 3.05) is 5.73 Å². The number of imidazole rings is 1. The van der Waals surface area contributed by atoms with Crippen molar-refractivity contribution in [3.8, 4) is 5.69 Å². The number of hydrogen-bond donors (Lipinski definition) is 1. The number of fused-ring (bicyclic) bond motifs is 1. The Balaban J connectivity index is 0.000000576. The highest BCUT2D eigenvalue weighted by Crippen LogP contribution is 2.21. The van der Waals surface area contributed by atoms with Crippen LogP contribution in [0.1, 0.15) is 21.3 Å². The van der Waals surface area contributed by atoms with Crippen molar-refractivity contribution in [2.24, 2.45) is 0 Å². The molecule has 19 heavy (non-hydrogen) atoms. The molecule has 0 radical (unpaired) electrons. The van der Waals surface area contributed by atoms with Crippen molar-refractivity contribution in [1.82, 2.24) is 9.55 Å². The van der Waals surface area contributed by atoms with Crippen LogP contribution >= 0.6 is 0 Å². The van der Waals surface area contributed by atoms with Gasteiger partial charge in [-0.1, -0.05) is 45.5 Å². The van der Waals surface area contributed by atoms with E-state index < -0.39 is 0 Å². The maximum atomic E-state index is 5.95. The molecule has 0 bridgehead atoms. The molecule has 0 aliphatic carbocycles. The topological polar surface area (TPSA) is 43.8 Å². The van der Waals surface area contributed by atoms with E-state index in [1.54, 1.807) is 6.33 Å². The Morgan fingerprint density at radius 2 is 1.58 bits per heavy atom. The molecular formula is C16H21N3. The first-order valence-electron chi connectivity index (χ1n) is 6.13. The predicted molar refractivity (Wildman–Crippen MR) is 83.6 cm³/mol. The fourth-order valence-corrected chi connectivity index (χ4v) is 1.86. The third-order valence-corrected chi connectivity index (χ3v) is 2.65. The van der Waals surface area contributed by atoms with Crippen LogP contribution in [-0.4, -0.2) is 9.55 Å². The molecule has 0 saturated heterocycles.